The molecule has 1 fully saturated rings. The number of hydrogen-bond acceptors (Lipinski definition) is 2. The maximum atomic E-state index is 11.8. The lowest BCUT2D eigenvalue weighted by molar-refractivity contribution is -0.132. The van der Waals surface area contributed by atoms with Crippen molar-refractivity contribution in [2.45, 2.75) is 38.1 Å². The molecule has 1 aliphatic rings. The Labute approximate surface area is 117 Å². The summed E-state index contributed by atoms with van der Waals surface area (Å²) in [6.45, 7) is 5.76. The van der Waals surface area contributed by atoms with Gasteiger partial charge in [-0.2, -0.15) is 0 Å². The van der Waals surface area contributed by atoms with Gasteiger partial charge >= 0.3 is 0 Å². The van der Waals surface area contributed by atoms with Gasteiger partial charge in [0.15, 0.2) is 0 Å². The van der Waals surface area contributed by atoms with Crippen LogP contribution in [-0.4, -0.2) is 37.0 Å². The molecule has 0 spiro atoms. The fourth-order valence-corrected chi connectivity index (χ4v) is 1.99. The molecule has 3 nitrogen and oxygen atoms in total. The van der Waals surface area contributed by atoms with E-state index in [2.05, 4.69) is 11.9 Å². The van der Waals surface area contributed by atoms with Gasteiger partial charge in [0.1, 0.15) is 0 Å². The van der Waals surface area contributed by atoms with Crippen LogP contribution in [0.4, 0.5) is 0 Å². The van der Waals surface area contributed by atoms with Crippen LogP contribution in [0.2, 0.25) is 0 Å². The van der Waals surface area contributed by atoms with Crippen molar-refractivity contribution in [3.8, 4) is 0 Å². The molecular formula is C12H24Cl2N2O. The average molecular weight is 283 g/mol. The van der Waals surface area contributed by atoms with Gasteiger partial charge < -0.3 is 10.2 Å². The predicted molar refractivity (Wildman–Crippen MR) is 77.2 cm³/mol. The summed E-state index contributed by atoms with van der Waals surface area (Å²) in [5.74, 6) is 0.252. The quantitative estimate of drug-likeness (QED) is 0.804. The van der Waals surface area contributed by atoms with Gasteiger partial charge in [-0.3, -0.25) is 4.79 Å². The molecule has 1 saturated heterocycles. The zero-order valence-electron chi connectivity index (χ0n) is 10.5. The van der Waals surface area contributed by atoms with Crippen LogP contribution >= 0.6 is 24.8 Å². The maximum absolute atomic E-state index is 11.8. The largest absolute Gasteiger partial charge is 0.343 e. The molecule has 1 N–H and O–H groups in total. The van der Waals surface area contributed by atoms with Gasteiger partial charge in [-0.15, -0.1) is 31.4 Å². The van der Waals surface area contributed by atoms with E-state index in [-0.39, 0.29) is 30.7 Å². The van der Waals surface area contributed by atoms with Crippen LogP contribution in [-0.2, 0) is 4.79 Å². The number of carbonyl (C=O) groups excluding carboxylic acids is 1. The molecule has 17 heavy (non-hydrogen) atoms. The lowest BCUT2D eigenvalue weighted by Crippen LogP contribution is -2.37. The number of nitrogens with zero attached hydrogens (tertiary/aromatic N) is 1. The molecule has 0 aromatic rings. The van der Waals surface area contributed by atoms with Crippen molar-refractivity contribution in [3.63, 3.8) is 0 Å². The minimum Gasteiger partial charge on any atom is -0.343 e. The molecule has 102 valence electrons. The van der Waals surface area contributed by atoms with Crippen LogP contribution in [0, 0.1) is 0 Å². The molecule has 0 aromatic heterocycles. The Balaban J connectivity index is 0. The van der Waals surface area contributed by atoms with E-state index in [1.807, 2.05) is 11.9 Å². The van der Waals surface area contributed by atoms with E-state index in [9.17, 15) is 4.79 Å². The number of hydrogen-bond donors (Lipinski definition) is 1. The van der Waals surface area contributed by atoms with Crippen LogP contribution in [0.3, 0.4) is 0 Å². The summed E-state index contributed by atoms with van der Waals surface area (Å²) >= 11 is 0. The van der Waals surface area contributed by atoms with Crippen molar-refractivity contribution < 1.29 is 4.79 Å². The number of amides is 1. The molecular weight excluding hydrogens is 259 g/mol. The summed E-state index contributed by atoms with van der Waals surface area (Å²) in [5.41, 5.74) is 0. The fourth-order valence-electron chi connectivity index (χ4n) is 1.99. The number of allylic oxidation sites excluding steroid dienone is 1. The second-order valence-electron chi connectivity index (χ2n) is 4.17. The standard InChI is InChI=1S/C12H22N2O.2ClH/c1-3-4-7-12(15)14(2)11-6-5-9-13-10-8-11;;/h3,11,13H,1,4-10H2,2H3;2*1H. The van der Waals surface area contributed by atoms with Gasteiger partial charge in [-0.25, -0.2) is 0 Å². The molecule has 0 radical (unpaired) electrons. The second kappa shape index (κ2) is 10.9. The van der Waals surface area contributed by atoms with Gasteiger partial charge in [0.2, 0.25) is 5.91 Å². The van der Waals surface area contributed by atoms with E-state index < -0.39 is 0 Å². The number of carbonyl (C=O) groups is 1. The molecule has 1 amide bonds. The highest BCUT2D eigenvalue weighted by molar-refractivity contribution is 5.85. The smallest absolute Gasteiger partial charge is 0.222 e. The summed E-state index contributed by atoms with van der Waals surface area (Å²) in [5, 5.41) is 3.36. The molecule has 1 aliphatic heterocycles. The number of halogens is 2. The molecule has 0 aliphatic carbocycles. The van der Waals surface area contributed by atoms with E-state index >= 15 is 0 Å². The lowest BCUT2D eigenvalue weighted by Gasteiger charge is -2.27. The Morgan fingerprint density at radius 3 is 2.76 bits per heavy atom. The molecule has 1 atom stereocenters. The fraction of sp³-hybridized carbons (Fsp3) is 0.750. The van der Waals surface area contributed by atoms with Crippen molar-refractivity contribution >= 4 is 30.7 Å². The van der Waals surface area contributed by atoms with Crippen molar-refractivity contribution in [1.82, 2.24) is 10.2 Å². The highest BCUT2D eigenvalue weighted by Crippen LogP contribution is 2.13. The van der Waals surface area contributed by atoms with Gasteiger partial charge in [0, 0.05) is 19.5 Å². The first-order valence-corrected chi connectivity index (χ1v) is 5.83. The highest BCUT2D eigenvalue weighted by Gasteiger charge is 2.19. The molecule has 5 heteroatoms. The first-order valence-electron chi connectivity index (χ1n) is 5.83. The van der Waals surface area contributed by atoms with Crippen LogP contribution < -0.4 is 5.32 Å². The van der Waals surface area contributed by atoms with Crippen molar-refractivity contribution in [3.05, 3.63) is 12.7 Å². The average Bonchev–Trinajstić information content (AvgIpc) is 2.53. The van der Waals surface area contributed by atoms with E-state index in [4.69, 9.17) is 0 Å². The van der Waals surface area contributed by atoms with Crippen LogP contribution in [0.5, 0.6) is 0 Å². The number of rotatable bonds is 4. The van der Waals surface area contributed by atoms with Crippen LogP contribution in [0.1, 0.15) is 32.1 Å². The SMILES string of the molecule is C=CCCC(=O)N(C)C1CCCNCC1.Cl.Cl. The number of nitrogens with one attached hydrogen (secondary N) is 1. The van der Waals surface area contributed by atoms with E-state index in [0.29, 0.717) is 12.5 Å². The third-order valence-electron chi connectivity index (χ3n) is 3.05. The minimum absolute atomic E-state index is 0. The Bertz CT molecular complexity index is 217. The summed E-state index contributed by atoms with van der Waals surface area (Å²) < 4.78 is 0. The Hall–Kier alpha value is -0.250. The van der Waals surface area contributed by atoms with Gasteiger partial charge in [-0.05, 0) is 38.8 Å². The molecule has 1 unspecified atom stereocenters. The summed E-state index contributed by atoms with van der Waals surface area (Å²) in [6.07, 6.45) is 6.57. The van der Waals surface area contributed by atoms with Crippen molar-refractivity contribution in [1.29, 1.82) is 0 Å². The molecule has 0 bridgehead atoms. The van der Waals surface area contributed by atoms with Crippen LogP contribution in [0.15, 0.2) is 12.7 Å². The van der Waals surface area contributed by atoms with Gasteiger partial charge in [0.25, 0.3) is 0 Å². The summed E-state index contributed by atoms with van der Waals surface area (Å²) in [7, 11) is 1.93. The first kappa shape index (κ1) is 19.1. The minimum atomic E-state index is 0. The molecule has 0 aromatic carbocycles. The third kappa shape index (κ3) is 6.92. The predicted octanol–water partition coefficient (Wildman–Crippen LogP) is 2.40. The normalized spacial score (nSPS) is 19.2. The maximum Gasteiger partial charge on any atom is 0.222 e. The van der Waals surface area contributed by atoms with Crippen molar-refractivity contribution in [2.75, 3.05) is 20.1 Å². The monoisotopic (exact) mass is 282 g/mol. The molecule has 1 heterocycles. The summed E-state index contributed by atoms with van der Waals surface area (Å²) in [6, 6.07) is 0.428. The second-order valence-corrected chi connectivity index (χ2v) is 4.17. The van der Waals surface area contributed by atoms with Gasteiger partial charge in [-0.1, -0.05) is 6.08 Å². The van der Waals surface area contributed by atoms with E-state index in [1.165, 1.54) is 6.42 Å². The zero-order valence-corrected chi connectivity index (χ0v) is 12.1. The van der Waals surface area contributed by atoms with Gasteiger partial charge in [0.05, 0.1) is 0 Å². The molecule has 0 saturated carbocycles. The third-order valence-corrected chi connectivity index (χ3v) is 3.05. The highest BCUT2D eigenvalue weighted by atomic mass is 35.5. The van der Waals surface area contributed by atoms with E-state index in [0.717, 1.165) is 32.4 Å². The zero-order chi connectivity index (χ0) is 11.1. The lowest BCUT2D eigenvalue weighted by atomic mass is 10.1. The van der Waals surface area contributed by atoms with E-state index in [1.54, 1.807) is 6.08 Å². The van der Waals surface area contributed by atoms with Crippen molar-refractivity contribution in [2.24, 2.45) is 0 Å². The Kier molecular flexibility index (Phi) is 12.2. The topological polar surface area (TPSA) is 32.3 Å². The molecule has 1 rings (SSSR count). The Morgan fingerprint density at radius 2 is 2.12 bits per heavy atom. The van der Waals surface area contributed by atoms with Crippen LogP contribution in [0.25, 0.3) is 0 Å². The first-order chi connectivity index (χ1) is 7.25. The Morgan fingerprint density at radius 1 is 1.41 bits per heavy atom. The summed E-state index contributed by atoms with van der Waals surface area (Å²) in [4.78, 5) is 13.7.